The molecule has 0 saturated carbocycles. The maximum atomic E-state index is 3.68. The van der Waals surface area contributed by atoms with E-state index in [4.69, 9.17) is 0 Å². The predicted molar refractivity (Wildman–Crippen MR) is 92.2 cm³/mol. The highest BCUT2D eigenvalue weighted by atomic mass is 79.9. The van der Waals surface area contributed by atoms with Gasteiger partial charge in [-0.25, -0.2) is 0 Å². The minimum Gasteiger partial charge on any atom is -0.310 e. The molecule has 0 bridgehead atoms. The molecule has 0 aliphatic rings. The molecule has 1 aromatic carbocycles. The highest BCUT2D eigenvalue weighted by Crippen LogP contribution is 2.25. The fourth-order valence-corrected chi connectivity index (χ4v) is 3.14. The van der Waals surface area contributed by atoms with Crippen molar-refractivity contribution in [2.24, 2.45) is 0 Å². The zero-order valence-corrected chi connectivity index (χ0v) is 14.9. The highest BCUT2D eigenvalue weighted by Gasteiger charge is 2.16. The van der Waals surface area contributed by atoms with Gasteiger partial charge in [-0.15, -0.1) is 0 Å². The van der Waals surface area contributed by atoms with Crippen LogP contribution in [0, 0.1) is 0 Å². The smallest absolute Gasteiger partial charge is 0.0343 e. The molecule has 0 aliphatic heterocycles. The summed E-state index contributed by atoms with van der Waals surface area (Å²) in [6.07, 6.45) is 2.37. The standard InChI is InChI=1S/C17H29BrN2/c1-5-12-20(14(3)4)13-11-17(19-6-2)15-9-7-8-10-16(15)18/h7-10,14,17,19H,5-6,11-13H2,1-4H3. The zero-order chi connectivity index (χ0) is 15.0. The van der Waals surface area contributed by atoms with Crippen LogP contribution in [0.1, 0.15) is 52.1 Å². The van der Waals surface area contributed by atoms with Crippen LogP contribution in [0.3, 0.4) is 0 Å². The predicted octanol–water partition coefficient (Wildman–Crippen LogP) is 4.61. The van der Waals surface area contributed by atoms with Crippen LogP contribution in [0.15, 0.2) is 28.7 Å². The Bertz CT molecular complexity index is 379. The van der Waals surface area contributed by atoms with E-state index in [2.05, 4.69) is 78.1 Å². The maximum absolute atomic E-state index is 3.68. The number of nitrogens with zero attached hydrogens (tertiary/aromatic N) is 1. The fourth-order valence-electron chi connectivity index (χ4n) is 2.58. The Morgan fingerprint density at radius 3 is 2.40 bits per heavy atom. The average molecular weight is 341 g/mol. The van der Waals surface area contributed by atoms with E-state index in [0.717, 1.165) is 19.5 Å². The van der Waals surface area contributed by atoms with Crippen molar-refractivity contribution >= 4 is 15.9 Å². The molecule has 0 spiro atoms. The zero-order valence-electron chi connectivity index (χ0n) is 13.3. The molecule has 0 saturated heterocycles. The largest absolute Gasteiger partial charge is 0.310 e. The van der Waals surface area contributed by atoms with Gasteiger partial charge in [-0.2, -0.15) is 0 Å². The Kier molecular flexibility index (Phi) is 8.43. The molecule has 1 unspecified atom stereocenters. The second-order valence-electron chi connectivity index (χ2n) is 5.55. The Balaban J connectivity index is 2.70. The van der Waals surface area contributed by atoms with Gasteiger partial charge in [0.05, 0.1) is 0 Å². The van der Waals surface area contributed by atoms with E-state index in [1.54, 1.807) is 0 Å². The number of rotatable bonds is 9. The van der Waals surface area contributed by atoms with Crippen LogP contribution in [-0.4, -0.2) is 30.6 Å². The molecule has 0 amide bonds. The number of hydrogen-bond acceptors (Lipinski definition) is 2. The molecule has 3 heteroatoms. The first-order valence-corrected chi connectivity index (χ1v) is 8.61. The second kappa shape index (κ2) is 9.54. The molecule has 0 aliphatic carbocycles. The SMILES string of the molecule is CCCN(CCC(NCC)c1ccccc1Br)C(C)C. The first kappa shape index (κ1) is 17.7. The Morgan fingerprint density at radius 1 is 1.15 bits per heavy atom. The average Bonchev–Trinajstić information content (AvgIpc) is 2.42. The first-order chi connectivity index (χ1) is 9.60. The van der Waals surface area contributed by atoms with Crippen molar-refractivity contribution in [1.82, 2.24) is 10.2 Å². The van der Waals surface area contributed by atoms with E-state index in [9.17, 15) is 0 Å². The monoisotopic (exact) mass is 340 g/mol. The first-order valence-electron chi connectivity index (χ1n) is 7.82. The number of halogens is 1. The molecule has 1 rings (SSSR count). The fraction of sp³-hybridized carbons (Fsp3) is 0.647. The van der Waals surface area contributed by atoms with Crippen molar-refractivity contribution < 1.29 is 0 Å². The van der Waals surface area contributed by atoms with Gasteiger partial charge in [-0.05, 0) is 51.4 Å². The number of benzene rings is 1. The van der Waals surface area contributed by atoms with Crippen LogP contribution < -0.4 is 5.32 Å². The minimum atomic E-state index is 0.425. The Morgan fingerprint density at radius 2 is 1.85 bits per heavy atom. The Hall–Kier alpha value is -0.380. The molecule has 1 N–H and O–H groups in total. The van der Waals surface area contributed by atoms with E-state index >= 15 is 0 Å². The summed E-state index contributed by atoms with van der Waals surface area (Å²) in [4.78, 5) is 2.57. The third-order valence-electron chi connectivity index (χ3n) is 3.68. The van der Waals surface area contributed by atoms with E-state index in [-0.39, 0.29) is 0 Å². The third kappa shape index (κ3) is 5.55. The highest BCUT2D eigenvalue weighted by molar-refractivity contribution is 9.10. The number of hydrogen-bond donors (Lipinski definition) is 1. The van der Waals surface area contributed by atoms with Gasteiger partial charge in [0, 0.05) is 23.1 Å². The topological polar surface area (TPSA) is 15.3 Å². The summed E-state index contributed by atoms with van der Waals surface area (Å²) in [5.74, 6) is 0. The summed E-state index contributed by atoms with van der Waals surface area (Å²) in [7, 11) is 0. The molecule has 20 heavy (non-hydrogen) atoms. The van der Waals surface area contributed by atoms with E-state index in [1.807, 2.05) is 0 Å². The van der Waals surface area contributed by atoms with Gasteiger partial charge in [0.1, 0.15) is 0 Å². The maximum Gasteiger partial charge on any atom is 0.0343 e. The van der Waals surface area contributed by atoms with Gasteiger partial charge < -0.3 is 10.2 Å². The molecule has 1 atom stereocenters. The van der Waals surface area contributed by atoms with Crippen LogP contribution in [0.4, 0.5) is 0 Å². The second-order valence-corrected chi connectivity index (χ2v) is 6.40. The van der Waals surface area contributed by atoms with Crippen LogP contribution >= 0.6 is 15.9 Å². The van der Waals surface area contributed by atoms with Gasteiger partial charge in [0.2, 0.25) is 0 Å². The van der Waals surface area contributed by atoms with E-state index < -0.39 is 0 Å². The van der Waals surface area contributed by atoms with E-state index in [1.165, 1.54) is 23.0 Å². The van der Waals surface area contributed by atoms with Crippen molar-refractivity contribution in [3.05, 3.63) is 34.3 Å². The summed E-state index contributed by atoms with van der Waals surface area (Å²) in [5.41, 5.74) is 1.37. The van der Waals surface area contributed by atoms with Crippen molar-refractivity contribution in [1.29, 1.82) is 0 Å². The summed E-state index contributed by atoms with van der Waals surface area (Å²) in [5, 5.41) is 3.62. The summed E-state index contributed by atoms with van der Waals surface area (Å²) < 4.78 is 1.21. The summed E-state index contributed by atoms with van der Waals surface area (Å²) in [6.45, 7) is 12.3. The summed E-state index contributed by atoms with van der Waals surface area (Å²) in [6, 6.07) is 9.60. The third-order valence-corrected chi connectivity index (χ3v) is 4.40. The lowest BCUT2D eigenvalue weighted by Gasteiger charge is -2.29. The lowest BCUT2D eigenvalue weighted by Crippen LogP contribution is -2.35. The molecule has 0 heterocycles. The molecular weight excluding hydrogens is 312 g/mol. The lowest BCUT2D eigenvalue weighted by molar-refractivity contribution is 0.210. The normalized spacial score (nSPS) is 13.2. The van der Waals surface area contributed by atoms with Crippen LogP contribution in [0.25, 0.3) is 0 Å². The van der Waals surface area contributed by atoms with Crippen molar-refractivity contribution in [3.8, 4) is 0 Å². The molecule has 114 valence electrons. The van der Waals surface area contributed by atoms with Gasteiger partial charge in [-0.3, -0.25) is 0 Å². The van der Waals surface area contributed by atoms with Gasteiger partial charge in [-0.1, -0.05) is 48.0 Å². The van der Waals surface area contributed by atoms with E-state index in [0.29, 0.717) is 12.1 Å². The van der Waals surface area contributed by atoms with Gasteiger partial charge in [0.25, 0.3) is 0 Å². The molecular formula is C17H29BrN2. The quantitative estimate of drug-likeness (QED) is 0.706. The Labute approximate surface area is 133 Å². The van der Waals surface area contributed by atoms with Crippen LogP contribution in [-0.2, 0) is 0 Å². The molecule has 0 radical (unpaired) electrons. The van der Waals surface area contributed by atoms with Gasteiger partial charge in [0.15, 0.2) is 0 Å². The molecule has 0 aromatic heterocycles. The van der Waals surface area contributed by atoms with Crippen molar-refractivity contribution in [2.75, 3.05) is 19.6 Å². The van der Waals surface area contributed by atoms with Crippen molar-refractivity contribution in [2.45, 2.75) is 52.6 Å². The lowest BCUT2D eigenvalue weighted by atomic mass is 10.0. The van der Waals surface area contributed by atoms with Gasteiger partial charge >= 0.3 is 0 Å². The minimum absolute atomic E-state index is 0.425. The van der Waals surface area contributed by atoms with Crippen LogP contribution in [0.5, 0.6) is 0 Å². The molecule has 0 fully saturated rings. The number of nitrogens with one attached hydrogen (secondary N) is 1. The molecule has 2 nitrogen and oxygen atoms in total. The van der Waals surface area contributed by atoms with Crippen LogP contribution in [0.2, 0.25) is 0 Å². The van der Waals surface area contributed by atoms with Crippen molar-refractivity contribution in [3.63, 3.8) is 0 Å². The molecule has 1 aromatic rings. The summed E-state index contributed by atoms with van der Waals surface area (Å²) >= 11 is 3.68.